The first-order valence-corrected chi connectivity index (χ1v) is 7.36. The molecule has 1 saturated carbocycles. The molecule has 6 heteroatoms. The van der Waals surface area contributed by atoms with Crippen molar-refractivity contribution >= 4 is 12.1 Å². The van der Waals surface area contributed by atoms with Gasteiger partial charge in [-0.2, -0.15) is 0 Å². The first-order chi connectivity index (χ1) is 10.5. The summed E-state index contributed by atoms with van der Waals surface area (Å²) in [6.07, 6.45) is -0.918. The van der Waals surface area contributed by atoms with Crippen LogP contribution in [0.15, 0.2) is 30.3 Å². The fourth-order valence-electron chi connectivity index (χ4n) is 3.12. The molecule has 3 rings (SSSR count). The van der Waals surface area contributed by atoms with Crippen LogP contribution >= 0.6 is 0 Å². The summed E-state index contributed by atoms with van der Waals surface area (Å²) >= 11 is 0. The zero-order valence-corrected chi connectivity index (χ0v) is 12.1. The predicted octanol–water partition coefficient (Wildman–Crippen LogP) is 2.46. The number of benzene rings is 1. The number of alkyl halides is 1. The molecule has 2 fully saturated rings. The van der Waals surface area contributed by atoms with Crippen molar-refractivity contribution in [3.8, 4) is 0 Å². The van der Waals surface area contributed by atoms with Gasteiger partial charge in [-0.05, 0) is 18.4 Å². The second kappa shape index (κ2) is 5.59. The number of hydrogen-bond acceptors (Lipinski definition) is 3. The molecule has 1 heterocycles. The van der Waals surface area contributed by atoms with Crippen molar-refractivity contribution in [3.63, 3.8) is 0 Å². The highest BCUT2D eigenvalue weighted by molar-refractivity contribution is 5.79. The van der Waals surface area contributed by atoms with E-state index < -0.39 is 29.6 Å². The van der Waals surface area contributed by atoms with Gasteiger partial charge in [-0.25, -0.2) is 9.18 Å². The third-order valence-corrected chi connectivity index (χ3v) is 4.64. The maximum absolute atomic E-state index is 14.1. The van der Waals surface area contributed by atoms with Crippen LogP contribution in [0.4, 0.5) is 9.18 Å². The Morgan fingerprint density at radius 2 is 1.95 bits per heavy atom. The fourth-order valence-corrected chi connectivity index (χ4v) is 3.12. The van der Waals surface area contributed by atoms with Crippen LogP contribution in [0.25, 0.3) is 0 Å². The van der Waals surface area contributed by atoms with E-state index in [1.807, 2.05) is 30.3 Å². The maximum Gasteiger partial charge on any atom is 0.410 e. The molecular weight excluding hydrogens is 289 g/mol. The van der Waals surface area contributed by atoms with Gasteiger partial charge in [0.1, 0.15) is 12.8 Å². The van der Waals surface area contributed by atoms with Gasteiger partial charge >= 0.3 is 12.1 Å². The number of carboxylic acid groups (broad SMARTS) is 1. The molecule has 2 unspecified atom stereocenters. The molecule has 0 radical (unpaired) electrons. The lowest BCUT2D eigenvalue weighted by molar-refractivity contribution is -0.146. The van der Waals surface area contributed by atoms with Gasteiger partial charge in [-0.3, -0.25) is 4.79 Å². The first-order valence-electron chi connectivity index (χ1n) is 7.36. The normalized spacial score (nSPS) is 25.8. The molecule has 2 aliphatic rings. The molecule has 0 bridgehead atoms. The standard InChI is InChI=1S/C16H18FNO4/c17-13-9-18(8-12(13)16(6-7-16)14(19)20)15(21)22-10-11-4-2-1-3-5-11/h1-5,12-13H,6-10H2,(H,19,20). The molecule has 0 aromatic heterocycles. The third-order valence-electron chi connectivity index (χ3n) is 4.64. The van der Waals surface area contributed by atoms with Crippen LogP contribution in [0.3, 0.4) is 0 Å². The Morgan fingerprint density at radius 3 is 2.55 bits per heavy atom. The van der Waals surface area contributed by atoms with E-state index in [1.54, 1.807) is 0 Å². The molecule has 2 atom stereocenters. The van der Waals surface area contributed by atoms with Gasteiger partial charge in [0, 0.05) is 12.5 Å². The molecule has 1 aliphatic heterocycles. The Hall–Kier alpha value is -2.11. The van der Waals surface area contributed by atoms with Crippen LogP contribution in [-0.2, 0) is 16.1 Å². The van der Waals surface area contributed by atoms with Crippen LogP contribution in [0.2, 0.25) is 0 Å². The second-order valence-electron chi connectivity index (χ2n) is 6.03. The van der Waals surface area contributed by atoms with Crippen molar-refractivity contribution in [2.45, 2.75) is 25.6 Å². The van der Waals surface area contributed by atoms with Crippen LogP contribution in [0.1, 0.15) is 18.4 Å². The molecule has 118 valence electrons. The summed E-state index contributed by atoms with van der Waals surface area (Å²) in [6, 6.07) is 9.22. The summed E-state index contributed by atoms with van der Waals surface area (Å²) < 4.78 is 19.3. The minimum Gasteiger partial charge on any atom is -0.481 e. The smallest absolute Gasteiger partial charge is 0.410 e. The Bertz CT molecular complexity index is 573. The number of carboxylic acids is 1. The maximum atomic E-state index is 14.1. The lowest BCUT2D eigenvalue weighted by Gasteiger charge is -2.20. The molecule has 22 heavy (non-hydrogen) atoms. The highest BCUT2D eigenvalue weighted by atomic mass is 19.1. The van der Waals surface area contributed by atoms with Crippen molar-refractivity contribution in [2.24, 2.45) is 11.3 Å². The molecular formula is C16H18FNO4. The zero-order valence-electron chi connectivity index (χ0n) is 12.1. The van der Waals surface area contributed by atoms with Gasteiger partial charge in [0.2, 0.25) is 0 Å². The number of amides is 1. The summed E-state index contributed by atoms with van der Waals surface area (Å²) in [7, 11) is 0. The zero-order chi connectivity index (χ0) is 15.7. The molecule has 1 N–H and O–H groups in total. The monoisotopic (exact) mass is 307 g/mol. The van der Waals surface area contributed by atoms with Crippen molar-refractivity contribution in [1.82, 2.24) is 4.90 Å². The van der Waals surface area contributed by atoms with Crippen LogP contribution < -0.4 is 0 Å². The van der Waals surface area contributed by atoms with Crippen LogP contribution in [0, 0.1) is 11.3 Å². The lowest BCUT2D eigenvalue weighted by atomic mass is 9.87. The molecule has 1 aliphatic carbocycles. The Kier molecular flexibility index (Phi) is 3.76. The Labute approximate surface area is 127 Å². The Morgan fingerprint density at radius 1 is 1.27 bits per heavy atom. The third kappa shape index (κ3) is 2.65. The summed E-state index contributed by atoms with van der Waals surface area (Å²) in [5.41, 5.74) is -0.124. The Balaban J connectivity index is 1.57. The van der Waals surface area contributed by atoms with E-state index in [4.69, 9.17) is 4.74 Å². The van der Waals surface area contributed by atoms with E-state index in [0.717, 1.165) is 5.56 Å². The van der Waals surface area contributed by atoms with Crippen LogP contribution in [0.5, 0.6) is 0 Å². The summed E-state index contributed by atoms with van der Waals surface area (Å²) in [4.78, 5) is 24.6. The highest BCUT2D eigenvalue weighted by Crippen LogP contribution is 2.55. The molecule has 1 saturated heterocycles. The minimum atomic E-state index is -1.30. The number of rotatable bonds is 4. The van der Waals surface area contributed by atoms with Gasteiger partial charge in [-0.15, -0.1) is 0 Å². The summed E-state index contributed by atoms with van der Waals surface area (Å²) in [5.74, 6) is -1.59. The number of carbonyl (C=O) groups is 2. The number of nitrogens with zero attached hydrogens (tertiary/aromatic N) is 1. The minimum absolute atomic E-state index is 0.0900. The van der Waals surface area contributed by atoms with Crippen molar-refractivity contribution in [1.29, 1.82) is 0 Å². The van der Waals surface area contributed by atoms with E-state index in [0.29, 0.717) is 12.8 Å². The van der Waals surface area contributed by atoms with Gasteiger partial charge in [-0.1, -0.05) is 30.3 Å². The van der Waals surface area contributed by atoms with E-state index in [1.165, 1.54) is 4.90 Å². The lowest BCUT2D eigenvalue weighted by Crippen LogP contribution is -2.33. The summed E-state index contributed by atoms with van der Waals surface area (Å²) in [5, 5.41) is 9.26. The van der Waals surface area contributed by atoms with Gasteiger partial charge in [0.05, 0.1) is 12.0 Å². The van der Waals surface area contributed by atoms with Crippen molar-refractivity contribution in [3.05, 3.63) is 35.9 Å². The van der Waals surface area contributed by atoms with Gasteiger partial charge in [0.15, 0.2) is 0 Å². The largest absolute Gasteiger partial charge is 0.481 e. The average Bonchev–Trinajstić information content (AvgIpc) is 3.23. The number of ether oxygens (including phenoxy) is 1. The van der Waals surface area contributed by atoms with E-state index in [2.05, 4.69) is 0 Å². The highest BCUT2D eigenvalue weighted by Gasteiger charge is 2.61. The number of halogens is 1. The molecule has 5 nitrogen and oxygen atoms in total. The number of aliphatic carboxylic acids is 1. The van der Waals surface area contributed by atoms with E-state index >= 15 is 0 Å². The first kappa shape index (κ1) is 14.8. The average molecular weight is 307 g/mol. The molecule has 1 aromatic rings. The molecule has 1 amide bonds. The summed E-state index contributed by atoms with van der Waals surface area (Å²) in [6.45, 7) is 0.149. The SMILES string of the molecule is O=C(OCc1ccccc1)N1CC(F)C(C2(C(=O)O)CC2)C1. The number of likely N-dealkylation sites (tertiary alicyclic amines) is 1. The van der Waals surface area contributed by atoms with E-state index in [-0.39, 0.29) is 19.7 Å². The molecule has 1 aromatic carbocycles. The second-order valence-corrected chi connectivity index (χ2v) is 6.03. The van der Waals surface area contributed by atoms with Crippen molar-refractivity contribution in [2.75, 3.05) is 13.1 Å². The fraction of sp³-hybridized carbons (Fsp3) is 0.500. The number of hydrogen-bond donors (Lipinski definition) is 1. The number of carbonyl (C=O) groups excluding carboxylic acids is 1. The predicted molar refractivity (Wildman–Crippen MR) is 75.9 cm³/mol. The topological polar surface area (TPSA) is 66.8 Å². The van der Waals surface area contributed by atoms with E-state index in [9.17, 15) is 19.1 Å². The van der Waals surface area contributed by atoms with Crippen LogP contribution in [-0.4, -0.2) is 41.3 Å². The quantitative estimate of drug-likeness (QED) is 0.928. The van der Waals surface area contributed by atoms with Gasteiger partial charge < -0.3 is 14.7 Å². The van der Waals surface area contributed by atoms with Gasteiger partial charge in [0.25, 0.3) is 0 Å². The molecule has 0 spiro atoms. The van der Waals surface area contributed by atoms with Crippen molar-refractivity contribution < 1.29 is 23.8 Å².